The van der Waals surface area contributed by atoms with Crippen molar-refractivity contribution in [2.75, 3.05) is 40.9 Å². The average molecular weight is 1100 g/mol. The third kappa shape index (κ3) is 11.6. The van der Waals surface area contributed by atoms with E-state index in [2.05, 4.69) is 54.3 Å². The summed E-state index contributed by atoms with van der Waals surface area (Å²) in [5, 5.41) is 17.0. The molecule has 3 aliphatic heterocycles. The minimum absolute atomic E-state index is 0.0212. The maximum atomic E-state index is 15.1. The summed E-state index contributed by atoms with van der Waals surface area (Å²) in [6.45, 7) is 10.9. The minimum Gasteiger partial charge on any atom is -0.508 e. The summed E-state index contributed by atoms with van der Waals surface area (Å²) < 4.78 is 29.9. The number of phenols is 1. The zero-order chi connectivity index (χ0) is 56.0. The molecular weight excluding hydrogens is 1020 g/mol. The number of aromatic hydroxyl groups is 1. The molecule has 3 aromatic carbocycles. The number of rotatable bonds is 14. The van der Waals surface area contributed by atoms with Crippen molar-refractivity contribution in [1.82, 2.24) is 39.4 Å². The van der Waals surface area contributed by atoms with E-state index in [9.17, 15) is 23.7 Å². The van der Waals surface area contributed by atoms with Gasteiger partial charge < -0.3 is 34.3 Å². The van der Waals surface area contributed by atoms with Crippen molar-refractivity contribution in [1.29, 1.82) is 0 Å². The first-order chi connectivity index (χ1) is 37.9. The average Bonchev–Trinajstić information content (AvgIpc) is 4.53. The quantitative estimate of drug-likeness (QED) is 0.0740. The van der Waals surface area contributed by atoms with Gasteiger partial charge in [0.2, 0.25) is 17.7 Å². The first-order valence-corrected chi connectivity index (χ1v) is 29.3. The zero-order valence-corrected chi connectivity index (χ0v) is 47.6. The maximum absolute atomic E-state index is 15.1. The van der Waals surface area contributed by atoms with Gasteiger partial charge in [0.15, 0.2) is 0 Å². The normalized spacial score (nSPS) is 23.5. The number of cyclic esters (lactones) is 1. The van der Waals surface area contributed by atoms with Crippen LogP contribution in [0.4, 0.5) is 0 Å². The Labute approximate surface area is 465 Å². The van der Waals surface area contributed by atoms with Crippen molar-refractivity contribution in [2.45, 2.75) is 147 Å². The molecule has 10 rings (SSSR count). The van der Waals surface area contributed by atoms with Crippen molar-refractivity contribution in [3.05, 3.63) is 101 Å². The fraction of sp³-hybridized carbons (Fsp3) is 0.508. The lowest BCUT2D eigenvalue weighted by Crippen LogP contribution is -2.62. The number of aromatic nitrogens is 2. The number of esters is 1. The van der Waals surface area contributed by atoms with Gasteiger partial charge in [0, 0.05) is 68.8 Å². The number of hydrogen-bond donors (Lipinski definition) is 3. The number of ether oxygens (including phenoxy) is 2. The third-order valence-corrected chi connectivity index (χ3v) is 18.5. The second kappa shape index (κ2) is 22.9. The molecule has 2 saturated carbocycles. The maximum Gasteiger partial charge on any atom is 0.324 e. The monoisotopic (exact) mass is 1100 g/mol. The SMILES string of the molecule is CCn1c(-c2cccnc2[C@H](C)OC)c2c3cc(ccc31)-c1cc(O)cc(c1)C[C@H](NC(=O)[C@H](C1CCCC1)N(C)C(=O)CN(C)C(=O)C1C(C3CC3)N1[S@](=O)c1ccc(C)cc1)C(=O)N1CCC[C@H](N1)C(=O)OCC(C)(C)C2. The topological polar surface area (TPSA) is 196 Å². The van der Waals surface area contributed by atoms with Crippen LogP contribution in [0.1, 0.15) is 108 Å². The van der Waals surface area contributed by atoms with Crippen LogP contribution in [-0.4, -0.2) is 139 Å². The molecule has 0 spiro atoms. The number of nitrogens with zero attached hydrogens (tertiary/aromatic N) is 6. The summed E-state index contributed by atoms with van der Waals surface area (Å²) >= 11 is 0. The molecule has 4 fully saturated rings. The molecule has 18 heteroatoms. The molecule has 5 heterocycles. The molecule has 0 radical (unpaired) electrons. The molecule has 6 bridgehead atoms. The molecule has 3 unspecified atom stereocenters. The van der Waals surface area contributed by atoms with Crippen molar-refractivity contribution >= 4 is 51.5 Å². The molecule has 3 N–H and O–H groups in total. The number of amides is 4. The lowest BCUT2D eigenvalue weighted by Gasteiger charge is -2.37. The van der Waals surface area contributed by atoms with E-state index in [0.29, 0.717) is 54.7 Å². The third-order valence-electron chi connectivity index (χ3n) is 16.9. The first-order valence-electron chi connectivity index (χ1n) is 28.1. The van der Waals surface area contributed by atoms with Gasteiger partial charge in [0.25, 0.3) is 5.91 Å². The molecule has 2 aromatic heterocycles. The van der Waals surface area contributed by atoms with Crippen molar-refractivity contribution in [2.24, 2.45) is 17.3 Å². The van der Waals surface area contributed by atoms with E-state index in [4.69, 9.17) is 14.5 Å². The number of likely N-dealkylation sites (N-methyl/N-ethyl adjacent to an activating group) is 2. The van der Waals surface area contributed by atoms with Crippen LogP contribution in [0.5, 0.6) is 5.75 Å². The van der Waals surface area contributed by atoms with Gasteiger partial charge in [0.05, 0.1) is 41.6 Å². The van der Waals surface area contributed by atoms with Gasteiger partial charge in [0.1, 0.15) is 40.9 Å². The summed E-state index contributed by atoms with van der Waals surface area (Å²) in [5.74, 6) is -2.22. The van der Waals surface area contributed by atoms with Gasteiger partial charge in [-0.3, -0.25) is 34.0 Å². The smallest absolute Gasteiger partial charge is 0.324 e. The predicted octanol–water partition coefficient (Wildman–Crippen LogP) is 7.42. The number of fused-ring (bicyclic) bond motifs is 6. The zero-order valence-electron chi connectivity index (χ0n) is 46.8. The number of nitrogens with one attached hydrogen (secondary N) is 2. The second-order valence-electron chi connectivity index (χ2n) is 23.4. The Kier molecular flexibility index (Phi) is 16.2. The molecule has 79 heavy (non-hydrogen) atoms. The van der Waals surface area contributed by atoms with E-state index in [1.54, 1.807) is 43.8 Å². The highest BCUT2D eigenvalue weighted by atomic mass is 32.2. The van der Waals surface area contributed by atoms with Gasteiger partial charge >= 0.3 is 5.97 Å². The van der Waals surface area contributed by atoms with E-state index in [0.717, 1.165) is 70.2 Å². The molecule has 420 valence electrons. The lowest BCUT2D eigenvalue weighted by molar-refractivity contribution is -0.155. The van der Waals surface area contributed by atoms with Crippen LogP contribution in [0.15, 0.2) is 83.9 Å². The number of hydrogen-bond acceptors (Lipinski definition) is 11. The number of benzene rings is 3. The predicted molar refractivity (Wildman–Crippen MR) is 301 cm³/mol. The Balaban J connectivity index is 0.964. The van der Waals surface area contributed by atoms with Crippen LogP contribution < -0.4 is 10.7 Å². The number of methoxy groups -OCH3 is 1. The van der Waals surface area contributed by atoms with Crippen LogP contribution in [0.2, 0.25) is 0 Å². The first kappa shape index (κ1) is 55.8. The Hall–Kier alpha value is -6.47. The fourth-order valence-corrected chi connectivity index (χ4v) is 13.9. The highest BCUT2D eigenvalue weighted by Gasteiger charge is 2.62. The standard InChI is InChI=1S/C61H76N8O9S/c1-9-67-50-25-22-41-32-46(50)47(55(67)45-16-12-26-62-52(45)37(3)77-8)33-61(4,5)35-78-60(75)48-17-13-27-68(64-48)58(73)49(30-38-28-42(41)31-43(70)29-38)63-57(72)54(39-14-10-11-15-39)66(7)51(71)34-65(6)59(74)56-53(40-20-21-40)69(56)79(76)44-23-18-36(2)19-24-44/h12,16,18-19,22-26,28-29,31-32,37,39-40,48-49,53-54,56,64,70H,9-11,13-15,17,20-21,27,30,33-35H2,1-8H3,(H,63,72)/t37-,48-,49-,53?,54-,56?,69?,79+/m0/s1. The van der Waals surface area contributed by atoms with Crippen molar-refractivity contribution < 1.29 is 42.8 Å². The number of pyridine rings is 1. The van der Waals surface area contributed by atoms with Crippen molar-refractivity contribution in [3.63, 3.8) is 0 Å². The number of aryl methyl sites for hydroxylation is 2. The van der Waals surface area contributed by atoms with Crippen molar-refractivity contribution in [3.8, 4) is 28.1 Å². The Morgan fingerprint density at radius 1 is 0.975 bits per heavy atom. The van der Waals surface area contributed by atoms with Gasteiger partial charge in [-0.25, -0.2) is 13.9 Å². The molecule has 4 amide bonds. The van der Waals surface area contributed by atoms with E-state index < -0.39 is 64.3 Å². The summed E-state index contributed by atoms with van der Waals surface area (Å²) in [5.41, 5.74) is 10.5. The van der Waals surface area contributed by atoms with Crippen LogP contribution in [-0.2, 0) is 63.8 Å². The van der Waals surface area contributed by atoms with Crippen LogP contribution >= 0.6 is 0 Å². The van der Waals surface area contributed by atoms with Gasteiger partial charge in [-0.1, -0.05) is 56.5 Å². The number of hydrazine groups is 1. The lowest BCUT2D eigenvalue weighted by atomic mass is 9.84. The summed E-state index contributed by atoms with van der Waals surface area (Å²) in [7, 11) is 3.28. The van der Waals surface area contributed by atoms with Crippen LogP contribution in [0, 0.1) is 24.2 Å². The Morgan fingerprint density at radius 3 is 2.43 bits per heavy atom. The van der Waals surface area contributed by atoms with Gasteiger partial charge in [-0.15, -0.1) is 0 Å². The summed E-state index contributed by atoms with van der Waals surface area (Å²) in [6, 6.07) is 19.1. The second-order valence-corrected chi connectivity index (χ2v) is 24.8. The van der Waals surface area contributed by atoms with Gasteiger partial charge in [-0.05, 0) is 148 Å². The van der Waals surface area contributed by atoms with E-state index in [1.807, 2.05) is 56.3 Å². The molecule has 2 aliphatic carbocycles. The van der Waals surface area contributed by atoms with Crippen LogP contribution in [0.3, 0.4) is 0 Å². The highest BCUT2D eigenvalue weighted by Crippen LogP contribution is 2.49. The number of phenolic OH excluding ortho intramolecular Hbond substituents is 1. The largest absolute Gasteiger partial charge is 0.508 e. The molecule has 5 aliphatic rings. The summed E-state index contributed by atoms with van der Waals surface area (Å²) in [6.07, 6.45) is 7.88. The Morgan fingerprint density at radius 2 is 1.72 bits per heavy atom. The fourth-order valence-electron chi connectivity index (χ4n) is 12.5. The Bertz CT molecular complexity index is 3170. The molecule has 5 aromatic rings. The molecule has 8 atom stereocenters. The number of carbonyl (C=O) groups is 5. The van der Waals surface area contributed by atoms with E-state index in [1.165, 1.54) is 14.8 Å². The number of carbonyl (C=O) groups excluding carboxylic acids is 5. The summed E-state index contributed by atoms with van der Waals surface area (Å²) in [4.78, 5) is 81.1. The van der Waals surface area contributed by atoms with Crippen LogP contribution in [0.25, 0.3) is 33.3 Å². The highest BCUT2D eigenvalue weighted by molar-refractivity contribution is 7.83. The molecule has 17 nitrogen and oxygen atoms in total. The molecular formula is C61H76N8O9S. The van der Waals surface area contributed by atoms with Gasteiger partial charge in [-0.2, -0.15) is 0 Å². The molecule has 2 saturated heterocycles. The van der Waals surface area contributed by atoms with E-state index in [-0.39, 0.29) is 61.8 Å². The van der Waals surface area contributed by atoms with E-state index >= 15 is 9.59 Å². The minimum atomic E-state index is -1.55.